The Balaban J connectivity index is 1.75. The van der Waals surface area contributed by atoms with Gasteiger partial charge in [0, 0.05) is 0 Å². The summed E-state index contributed by atoms with van der Waals surface area (Å²) in [6.45, 7) is 5.00. The Morgan fingerprint density at radius 2 is 0.652 bits per heavy atom. The van der Waals surface area contributed by atoms with E-state index in [-0.39, 0.29) is 0 Å². The van der Waals surface area contributed by atoms with Crippen LogP contribution in [-0.4, -0.2) is 4.57 Å². The number of rotatable bonds is 10. The summed E-state index contributed by atoms with van der Waals surface area (Å²) in [4.78, 5) is 0. The molecule has 0 aliphatic heterocycles. The molecule has 6 rings (SSSR count). The molecule has 0 aliphatic carbocycles. The van der Waals surface area contributed by atoms with Crippen molar-refractivity contribution in [2.24, 2.45) is 0 Å². The van der Waals surface area contributed by atoms with Crippen LogP contribution in [0.3, 0.4) is 0 Å². The van der Waals surface area contributed by atoms with E-state index in [2.05, 4.69) is 193 Å². The first kappa shape index (κ1) is 32.7. The summed E-state index contributed by atoms with van der Waals surface area (Å²) >= 11 is -2.70. The van der Waals surface area contributed by atoms with Gasteiger partial charge in [-0.3, -0.25) is 0 Å². The van der Waals surface area contributed by atoms with Gasteiger partial charge >= 0.3 is 289 Å². The van der Waals surface area contributed by atoms with Crippen molar-refractivity contribution in [3.8, 4) is 0 Å². The van der Waals surface area contributed by atoms with Crippen molar-refractivity contribution >= 4 is 70.2 Å². The van der Waals surface area contributed by atoms with Crippen LogP contribution in [0.1, 0.15) is 0 Å². The maximum atomic E-state index is 6.93. The van der Waals surface area contributed by atoms with Crippen LogP contribution in [0.25, 0.3) is 0 Å². The molecule has 6 aromatic carbocycles. The Morgan fingerprint density at radius 3 is 0.891 bits per heavy atom. The van der Waals surface area contributed by atoms with Crippen molar-refractivity contribution in [2.75, 3.05) is 0 Å². The molecule has 0 radical (unpaired) electrons. The normalized spacial score (nSPS) is 12.3. The predicted molar refractivity (Wildman–Crippen MR) is 205 cm³/mol. The van der Waals surface area contributed by atoms with Gasteiger partial charge in [0.15, 0.2) is 0 Å². The van der Waals surface area contributed by atoms with Gasteiger partial charge in [0.2, 0.25) is 0 Å². The monoisotopic (exact) mass is 850 g/mol. The summed E-state index contributed by atoms with van der Waals surface area (Å²) in [6.07, 6.45) is 2.36. The Bertz CT molecular complexity index is 1750. The number of hydrogen-bond acceptors (Lipinski definition) is 0. The van der Waals surface area contributed by atoms with E-state index >= 15 is 0 Å². The van der Waals surface area contributed by atoms with Crippen LogP contribution in [0.15, 0.2) is 205 Å². The second-order valence-corrected chi connectivity index (χ2v) is 25.6. The van der Waals surface area contributed by atoms with Gasteiger partial charge in [-0.15, -0.1) is 0 Å². The minimum absolute atomic E-state index is 1.06. The van der Waals surface area contributed by atoms with Crippen molar-refractivity contribution in [3.05, 3.63) is 205 Å². The summed E-state index contributed by atoms with van der Waals surface area (Å²) in [5, 5.41) is 9.72. The minimum atomic E-state index is -2.70. The van der Waals surface area contributed by atoms with Crippen molar-refractivity contribution in [1.29, 1.82) is 0 Å². The SMILES string of the molecule is C=C(/C=C(\[CH]=[Os]([Cl])[Cl])[P+](c1ccccc1)(c1ccccc1)c1ccccc1)[P+](c1ccccc1)(c1ccccc1)c1ccccc1. The van der Waals surface area contributed by atoms with E-state index in [9.17, 15) is 0 Å². The zero-order valence-electron chi connectivity index (χ0n) is 25.2. The number of benzene rings is 6. The molecule has 0 heterocycles. The second-order valence-electron chi connectivity index (χ2n) is 10.7. The molecule has 0 saturated heterocycles. The fourth-order valence-electron chi connectivity index (χ4n) is 6.29. The third kappa shape index (κ3) is 6.34. The van der Waals surface area contributed by atoms with E-state index in [0.717, 1.165) is 10.6 Å². The summed E-state index contributed by atoms with van der Waals surface area (Å²) in [6, 6.07) is 65.2. The van der Waals surface area contributed by atoms with Gasteiger partial charge in [-0.1, -0.05) is 0 Å². The van der Waals surface area contributed by atoms with Crippen molar-refractivity contribution in [2.45, 2.75) is 0 Å². The van der Waals surface area contributed by atoms with E-state index in [4.69, 9.17) is 25.9 Å². The molecule has 6 aromatic rings. The molecule has 0 N–H and O–H groups in total. The van der Waals surface area contributed by atoms with Crippen molar-refractivity contribution in [3.63, 3.8) is 0 Å². The Labute approximate surface area is 287 Å². The molecule has 228 valence electrons. The van der Waals surface area contributed by atoms with Gasteiger partial charge in [0.1, 0.15) is 0 Å². The topological polar surface area (TPSA) is 0 Å². The summed E-state index contributed by atoms with van der Waals surface area (Å²) in [5.74, 6) is 0. The van der Waals surface area contributed by atoms with Gasteiger partial charge in [-0.2, -0.15) is 0 Å². The predicted octanol–water partition coefficient (Wildman–Crippen LogP) is 9.10. The first-order valence-corrected chi connectivity index (χ1v) is 26.3. The first-order valence-electron chi connectivity index (χ1n) is 14.9. The van der Waals surface area contributed by atoms with Gasteiger partial charge in [0.25, 0.3) is 0 Å². The van der Waals surface area contributed by atoms with Gasteiger partial charge in [-0.05, 0) is 0 Å². The van der Waals surface area contributed by atoms with E-state index in [0.29, 0.717) is 0 Å². The maximum absolute atomic E-state index is 6.93. The van der Waals surface area contributed by atoms with Gasteiger partial charge < -0.3 is 0 Å². The zero-order valence-corrected chi connectivity index (χ0v) is 31.0. The molecule has 0 aliphatic rings. The third-order valence-corrected chi connectivity index (χ3v) is 19.8. The van der Waals surface area contributed by atoms with E-state index < -0.39 is 28.3 Å². The molecular weight excluding hydrogens is 816 g/mol. The van der Waals surface area contributed by atoms with Crippen LogP contribution < -0.4 is 31.8 Å². The Hall–Kier alpha value is -3.25. The zero-order chi connectivity index (χ0) is 31.8. The standard InChI is InChI=1S/C41H34P2.2ClH.Os/c1-34(42(36-21-9-3-10-22-36,37-23-11-4-12-24-37)38-25-13-5-14-26-38)33-35(2)43(39-27-15-6-16-28-39,40-29-17-7-18-30-40)41-31-19-8-20-32-41;;;/h1,3-33H,2H2;2*1H;/q+2;;;+2/p-2/b34-33+;;;. The Morgan fingerprint density at radius 1 is 0.413 bits per heavy atom. The molecule has 0 saturated carbocycles. The fraction of sp³-hybridized carbons (Fsp3) is 0. The number of halogens is 2. The third-order valence-electron chi connectivity index (χ3n) is 8.18. The molecule has 0 atom stereocenters. The first-order chi connectivity index (χ1) is 22.6. The van der Waals surface area contributed by atoms with Crippen LogP contribution >= 0.6 is 33.8 Å². The Kier molecular flexibility index (Phi) is 10.7. The van der Waals surface area contributed by atoms with E-state index in [1.54, 1.807) is 0 Å². The summed E-state index contributed by atoms with van der Waals surface area (Å²) in [5.41, 5.74) is 0. The molecule has 5 heteroatoms. The van der Waals surface area contributed by atoms with Crippen LogP contribution in [0.5, 0.6) is 0 Å². The molecule has 0 bridgehead atoms. The van der Waals surface area contributed by atoms with Crippen molar-refractivity contribution < 1.29 is 13.8 Å². The van der Waals surface area contributed by atoms with Crippen LogP contribution in [-0.2, 0) is 13.8 Å². The number of allylic oxidation sites excluding steroid dienone is 3. The summed E-state index contributed by atoms with van der Waals surface area (Å²) in [7, 11) is 8.96. The molecule has 0 amide bonds. The molecule has 0 unspecified atom stereocenters. The van der Waals surface area contributed by atoms with Crippen molar-refractivity contribution in [1.82, 2.24) is 0 Å². The summed E-state index contributed by atoms with van der Waals surface area (Å²) < 4.78 is 2.21. The molecule has 0 aromatic heterocycles. The van der Waals surface area contributed by atoms with Gasteiger partial charge in [-0.25, -0.2) is 0 Å². The fourth-order valence-corrected chi connectivity index (χ4v) is 19.8. The van der Waals surface area contributed by atoms with Gasteiger partial charge in [0.05, 0.1) is 0 Å². The van der Waals surface area contributed by atoms with Crippen LogP contribution in [0.4, 0.5) is 0 Å². The molecule has 0 spiro atoms. The van der Waals surface area contributed by atoms with Crippen LogP contribution in [0.2, 0.25) is 0 Å². The van der Waals surface area contributed by atoms with E-state index in [1.165, 1.54) is 31.8 Å². The molecule has 0 nitrogen and oxygen atoms in total. The molecular formula is C41H34Cl2OsP2+2. The second kappa shape index (κ2) is 15.1. The van der Waals surface area contributed by atoms with Crippen LogP contribution in [0, 0.1) is 0 Å². The number of hydrogen-bond donors (Lipinski definition) is 0. The average molecular weight is 850 g/mol. The average Bonchev–Trinajstić information content (AvgIpc) is 3.12. The van der Waals surface area contributed by atoms with E-state index in [1.807, 2.05) is 0 Å². The quantitative estimate of drug-likeness (QED) is 0.0954. The molecule has 46 heavy (non-hydrogen) atoms. The molecule has 0 fully saturated rings.